The van der Waals surface area contributed by atoms with Crippen molar-refractivity contribution in [1.82, 2.24) is 9.80 Å². The molecule has 1 saturated heterocycles. The Balaban J connectivity index is 2.14. The number of carboxylic acid groups (broad SMARTS) is 1. The standard InChI is InChI=1S/C16H23ClN2O4/c1-22-10-9-18-5-7-19(8-6-18)15(16(20)21)13-11-12(17)3-4-14(13)23-2/h3-4,11,15H,5-10H2,1-2H3,(H,20,21). The summed E-state index contributed by atoms with van der Waals surface area (Å²) in [6, 6.07) is 4.33. The van der Waals surface area contributed by atoms with Gasteiger partial charge in [0.15, 0.2) is 0 Å². The fourth-order valence-electron chi connectivity index (χ4n) is 2.87. The molecular weight excluding hydrogens is 320 g/mol. The molecule has 1 N–H and O–H groups in total. The van der Waals surface area contributed by atoms with Crippen LogP contribution in [-0.2, 0) is 9.53 Å². The van der Waals surface area contributed by atoms with E-state index in [2.05, 4.69) is 4.90 Å². The highest BCUT2D eigenvalue weighted by atomic mass is 35.5. The normalized spacial score (nSPS) is 17.9. The van der Waals surface area contributed by atoms with Gasteiger partial charge in [-0.15, -0.1) is 0 Å². The van der Waals surface area contributed by atoms with Gasteiger partial charge in [-0.25, -0.2) is 0 Å². The third-order valence-corrected chi connectivity index (χ3v) is 4.34. The van der Waals surface area contributed by atoms with Gasteiger partial charge in [-0.05, 0) is 18.2 Å². The second-order valence-corrected chi connectivity index (χ2v) is 5.93. The van der Waals surface area contributed by atoms with Crippen LogP contribution >= 0.6 is 11.6 Å². The minimum absolute atomic E-state index is 0.505. The van der Waals surface area contributed by atoms with E-state index in [4.69, 9.17) is 21.1 Å². The van der Waals surface area contributed by atoms with Crippen molar-refractivity contribution >= 4 is 17.6 Å². The van der Waals surface area contributed by atoms with Crippen LogP contribution < -0.4 is 4.74 Å². The van der Waals surface area contributed by atoms with E-state index in [9.17, 15) is 9.90 Å². The summed E-state index contributed by atoms with van der Waals surface area (Å²) in [6.45, 7) is 4.53. The molecule has 0 amide bonds. The third kappa shape index (κ3) is 4.57. The van der Waals surface area contributed by atoms with Gasteiger partial charge < -0.3 is 14.6 Å². The molecule has 1 aliphatic heterocycles. The van der Waals surface area contributed by atoms with Gasteiger partial charge in [0.25, 0.3) is 0 Å². The predicted molar refractivity (Wildman–Crippen MR) is 88.3 cm³/mol. The number of carboxylic acids is 1. The van der Waals surface area contributed by atoms with Gasteiger partial charge in [0.1, 0.15) is 11.8 Å². The predicted octanol–water partition coefficient (Wildman–Crippen LogP) is 1.74. The molecular formula is C16H23ClN2O4. The Morgan fingerprint density at radius 1 is 1.30 bits per heavy atom. The summed E-state index contributed by atoms with van der Waals surface area (Å²) in [7, 11) is 3.22. The molecule has 1 heterocycles. The van der Waals surface area contributed by atoms with Gasteiger partial charge in [-0.3, -0.25) is 14.6 Å². The zero-order chi connectivity index (χ0) is 16.8. The van der Waals surface area contributed by atoms with E-state index in [-0.39, 0.29) is 0 Å². The number of piperazine rings is 1. The third-order valence-electron chi connectivity index (χ3n) is 4.10. The fraction of sp³-hybridized carbons (Fsp3) is 0.562. The number of nitrogens with zero attached hydrogens (tertiary/aromatic N) is 2. The Labute approximate surface area is 141 Å². The Morgan fingerprint density at radius 2 is 2.00 bits per heavy atom. The molecule has 1 aromatic carbocycles. The molecule has 1 aromatic rings. The fourth-order valence-corrected chi connectivity index (χ4v) is 3.05. The highest BCUT2D eigenvalue weighted by molar-refractivity contribution is 6.30. The highest BCUT2D eigenvalue weighted by Gasteiger charge is 2.32. The quantitative estimate of drug-likeness (QED) is 0.814. The molecule has 0 saturated carbocycles. The lowest BCUT2D eigenvalue weighted by molar-refractivity contribution is -0.144. The maximum absolute atomic E-state index is 11.9. The molecule has 1 fully saturated rings. The minimum Gasteiger partial charge on any atom is -0.496 e. The van der Waals surface area contributed by atoms with Crippen molar-refractivity contribution in [1.29, 1.82) is 0 Å². The number of carbonyl (C=O) groups is 1. The molecule has 2 rings (SSSR count). The van der Waals surface area contributed by atoms with Crippen LogP contribution in [0.25, 0.3) is 0 Å². The molecule has 0 bridgehead atoms. The number of rotatable bonds is 7. The zero-order valence-electron chi connectivity index (χ0n) is 13.5. The van der Waals surface area contributed by atoms with E-state index in [1.807, 2.05) is 4.90 Å². The second kappa shape index (κ2) is 8.49. The molecule has 128 valence electrons. The number of hydrogen-bond acceptors (Lipinski definition) is 5. The van der Waals surface area contributed by atoms with E-state index < -0.39 is 12.0 Å². The topological polar surface area (TPSA) is 62.2 Å². The minimum atomic E-state index is -0.893. The molecule has 1 atom stereocenters. The first kappa shape index (κ1) is 18.0. The number of ether oxygens (including phenoxy) is 2. The Bertz CT molecular complexity index is 533. The summed E-state index contributed by atoms with van der Waals surface area (Å²) >= 11 is 6.05. The molecule has 6 nitrogen and oxygen atoms in total. The van der Waals surface area contributed by atoms with Crippen molar-refractivity contribution in [3.63, 3.8) is 0 Å². The van der Waals surface area contributed by atoms with Gasteiger partial charge in [-0.1, -0.05) is 11.6 Å². The van der Waals surface area contributed by atoms with Crippen LogP contribution in [-0.4, -0.2) is 74.4 Å². The number of hydrogen-bond donors (Lipinski definition) is 1. The van der Waals surface area contributed by atoms with E-state index >= 15 is 0 Å². The van der Waals surface area contributed by atoms with E-state index in [1.165, 1.54) is 7.11 Å². The van der Waals surface area contributed by atoms with Crippen LogP contribution in [0.1, 0.15) is 11.6 Å². The molecule has 23 heavy (non-hydrogen) atoms. The number of aliphatic carboxylic acids is 1. The van der Waals surface area contributed by atoms with E-state index in [0.29, 0.717) is 36.0 Å². The van der Waals surface area contributed by atoms with Crippen LogP contribution in [0.3, 0.4) is 0 Å². The van der Waals surface area contributed by atoms with Crippen LogP contribution in [0.15, 0.2) is 18.2 Å². The molecule has 1 unspecified atom stereocenters. The zero-order valence-corrected chi connectivity index (χ0v) is 14.3. The Kier molecular flexibility index (Phi) is 6.65. The molecule has 0 spiro atoms. The number of benzene rings is 1. The maximum Gasteiger partial charge on any atom is 0.325 e. The second-order valence-electron chi connectivity index (χ2n) is 5.50. The average Bonchev–Trinajstić information content (AvgIpc) is 2.54. The van der Waals surface area contributed by atoms with Crippen LogP contribution in [0, 0.1) is 0 Å². The first-order valence-corrected chi connectivity index (χ1v) is 7.96. The van der Waals surface area contributed by atoms with Gasteiger partial charge >= 0.3 is 5.97 Å². The van der Waals surface area contributed by atoms with Crippen LogP contribution in [0.4, 0.5) is 0 Å². The lowest BCUT2D eigenvalue weighted by atomic mass is 10.0. The van der Waals surface area contributed by atoms with Gasteiger partial charge in [-0.2, -0.15) is 0 Å². The molecule has 0 radical (unpaired) electrons. The van der Waals surface area contributed by atoms with Gasteiger partial charge in [0, 0.05) is 50.4 Å². The number of methoxy groups -OCH3 is 2. The van der Waals surface area contributed by atoms with Crippen molar-refractivity contribution in [3.8, 4) is 5.75 Å². The van der Waals surface area contributed by atoms with Crippen molar-refractivity contribution < 1.29 is 19.4 Å². The Morgan fingerprint density at radius 3 is 2.57 bits per heavy atom. The highest BCUT2D eigenvalue weighted by Crippen LogP contribution is 2.32. The van der Waals surface area contributed by atoms with Crippen molar-refractivity contribution in [2.24, 2.45) is 0 Å². The average molecular weight is 343 g/mol. The van der Waals surface area contributed by atoms with E-state index in [0.717, 1.165) is 19.6 Å². The summed E-state index contributed by atoms with van der Waals surface area (Å²) in [5, 5.41) is 10.2. The van der Waals surface area contributed by atoms with Crippen LogP contribution in [0.2, 0.25) is 5.02 Å². The van der Waals surface area contributed by atoms with Crippen molar-refractivity contribution in [3.05, 3.63) is 28.8 Å². The van der Waals surface area contributed by atoms with Crippen LogP contribution in [0.5, 0.6) is 5.75 Å². The molecule has 1 aliphatic rings. The summed E-state index contributed by atoms with van der Waals surface area (Å²) in [4.78, 5) is 16.1. The largest absolute Gasteiger partial charge is 0.496 e. The summed E-state index contributed by atoms with van der Waals surface area (Å²) < 4.78 is 10.4. The summed E-state index contributed by atoms with van der Waals surface area (Å²) in [5.41, 5.74) is 0.595. The first-order valence-electron chi connectivity index (χ1n) is 7.58. The van der Waals surface area contributed by atoms with Crippen molar-refractivity contribution in [2.45, 2.75) is 6.04 Å². The maximum atomic E-state index is 11.9. The molecule has 0 aliphatic carbocycles. The van der Waals surface area contributed by atoms with Gasteiger partial charge in [0.05, 0.1) is 13.7 Å². The Hall–Kier alpha value is -1.34. The summed E-state index contributed by atoms with van der Waals surface area (Å²) in [5.74, 6) is -0.348. The first-order chi connectivity index (χ1) is 11.1. The lowest BCUT2D eigenvalue weighted by Gasteiger charge is -2.38. The van der Waals surface area contributed by atoms with Gasteiger partial charge in [0.2, 0.25) is 0 Å². The summed E-state index contributed by atoms with van der Waals surface area (Å²) in [6.07, 6.45) is 0. The number of halogens is 1. The van der Waals surface area contributed by atoms with Crippen molar-refractivity contribution in [2.75, 3.05) is 53.6 Å². The smallest absolute Gasteiger partial charge is 0.325 e. The SMILES string of the molecule is COCCN1CCN(C(C(=O)O)c2cc(Cl)ccc2OC)CC1. The van der Waals surface area contributed by atoms with E-state index in [1.54, 1.807) is 25.3 Å². The molecule has 7 heteroatoms. The lowest BCUT2D eigenvalue weighted by Crippen LogP contribution is -2.49. The monoisotopic (exact) mass is 342 g/mol. The molecule has 0 aromatic heterocycles.